The maximum atomic E-state index is 10.1. The summed E-state index contributed by atoms with van der Waals surface area (Å²) in [7, 11) is 0. The highest BCUT2D eigenvalue weighted by Crippen LogP contribution is 2.49. The molecule has 12 unspecified atom stereocenters. The van der Waals surface area contributed by atoms with Crippen LogP contribution in [0.2, 0.25) is 0 Å². The van der Waals surface area contributed by atoms with Crippen LogP contribution in [0.15, 0.2) is 78.9 Å². The molecule has 0 fully saturated rings. The van der Waals surface area contributed by atoms with Crippen molar-refractivity contribution in [3.63, 3.8) is 0 Å². The van der Waals surface area contributed by atoms with E-state index < -0.39 is 75.5 Å². The highest BCUT2D eigenvalue weighted by Gasteiger charge is 2.31. The van der Waals surface area contributed by atoms with Gasteiger partial charge in [0.1, 0.15) is 11.3 Å². The summed E-state index contributed by atoms with van der Waals surface area (Å²) < 4.78 is 67.8. The Bertz CT molecular complexity index is 3480. The molecule has 0 aliphatic carbocycles. The molecular weight excluding hydrogens is 1040 g/mol. The zero-order valence-electron chi connectivity index (χ0n) is 46.3. The lowest BCUT2D eigenvalue weighted by Crippen LogP contribution is -2.31. The van der Waals surface area contributed by atoms with Crippen molar-refractivity contribution in [1.82, 2.24) is 39.6 Å². The Balaban J connectivity index is 1.39. The molecule has 80 heavy (non-hydrogen) atoms. The molecule has 9 rings (SSSR count). The van der Waals surface area contributed by atoms with Crippen LogP contribution in [0.4, 0.5) is 0 Å². The summed E-state index contributed by atoms with van der Waals surface area (Å²) in [6, 6.07) is 24.2. The van der Waals surface area contributed by atoms with Gasteiger partial charge in [0, 0.05) is 45.3 Å². The lowest BCUT2D eigenvalue weighted by Gasteiger charge is -2.27. The summed E-state index contributed by atoms with van der Waals surface area (Å²) in [4.78, 5) is 41.3. The SMILES string of the molecule is CC(O)OC(C)OC(C)Oc1cc2c3nc4nc(nc5c6ccccc6c(nc6nc(nc([nH]3)c2c(OC(C)OC(C)OC(C)O)c1OC(C)OC(C)OC(C)O)-c1ccccc1-6)n5OC(C)OC(C)OC(C)O)-c1ccccc1-4. The number of nitrogens with one attached hydrogen (secondary N) is 1. The molecule has 2 aliphatic rings. The first-order chi connectivity index (χ1) is 38.2. The summed E-state index contributed by atoms with van der Waals surface area (Å²) in [5.74, 6) is 1.06. The van der Waals surface area contributed by atoms with E-state index in [1.165, 1.54) is 32.4 Å². The molecular formula is C56H66N8O16. The van der Waals surface area contributed by atoms with Crippen LogP contribution in [0.25, 0.3) is 89.7 Å². The van der Waals surface area contributed by atoms with Crippen molar-refractivity contribution >= 4 is 44.1 Å². The Morgan fingerprint density at radius 1 is 0.375 bits per heavy atom. The van der Waals surface area contributed by atoms with Gasteiger partial charge >= 0.3 is 0 Å². The van der Waals surface area contributed by atoms with Gasteiger partial charge < -0.3 is 82.4 Å². The lowest BCUT2D eigenvalue weighted by molar-refractivity contribution is -0.268. The Morgan fingerprint density at radius 2 is 0.738 bits per heavy atom. The number of fused-ring (bicyclic) bond motifs is 20. The number of nitrogens with zero attached hydrogens (tertiary/aromatic N) is 7. The van der Waals surface area contributed by atoms with Gasteiger partial charge in [0.05, 0.1) is 5.39 Å². The fourth-order valence-corrected chi connectivity index (χ4v) is 9.29. The van der Waals surface area contributed by atoms with Gasteiger partial charge in [0.15, 0.2) is 115 Å². The van der Waals surface area contributed by atoms with E-state index in [1.807, 2.05) is 72.8 Å². The zero-order valence-corrected chi connectivity index (χ0v) is 46.3. The molecule has 8 bridgehead atoms. The van der Waals surface area contributed by atoms with E-state index in [9.17, 15) is 20.4 Å². The maximum absolute atomic E-state index is 10.1. The van der Waals surface area contributed by atoms with E-state index in [0.29, 0.717) is 55.1 Å². The van der Waals surface area contributed by atoms with Gasteiger partial charge in [-0.2, -0.15) is 0 Å². The van der Waals surface area contributed by atoms with E-state index in [-0.39, 0.29) is 51.8 Å². The van der Waals surface area contributed by atoms with Crippen molar-refractivity contribution in [2.45, 2.75) is 159 Å². The van der Waals surface area contributed by atoms with E-state index in [0.717, 1.165) is 0 Å². The van der Waals surface area contributed by atoms with Crippen molar-refractivity contribution in [2.75, 3.05) is 0 Å². The third-order valence-corrected chi connectivity index (χ3v) is 12.0. The highest BCUT2D eigenvalue weighted by molar-refractivity contribution is 6.11. The molecule has 5 heterocycles. The molecule has 24 heteroatoms. The van der Waals surface area contributed by atoms with E-state index >= 15 is 0 Å². The average molecular weight is 1110 g/mol. The largest absolute Gasteiger partial charge is 0.461 e. The topological polar surface area (TPSA) is 290 Å². The summed E-state index contributed by atoms with van der Waals surface area (Å²) in [5, 5.41) is 42.1. The Morgan fingerprint density at radius 3 is 1.16 bits per heavy atom. The second kappa shape index (κ2) is 24.8. The first-order valence-electron chi connectivity index (χ1n) is 26.2. The van der Waals surface area contributed by atoms with E-state index in [1.54, 1.807) is 61.5 Å². The van der Waals surface area contributed by atoms with Crippen molar-refractivity contribution in [1.29, 1.82) is 0 Å². The second-order valence-corrected chi connectivity index (χ2v) is 18.8. The first kappa shape index (κ1) is 57.6. The molecule has 0 saturated carbocycles. The van der Waals surface area contributed by atoms with Crippen LogP contribution in [-0.2, 0) is 37.9 Å². The van der Waals surface area contributed by atoms with Crippen LogP contribution in [0.5, 0.6) is 17.2 Å². The number of hydrogen-bond acceptors (Lipinski definition) is 22. The van der Waals surface area contributed by atoms with Crippen LogP contribution in [-0.4, -0.2) is 136 Å². The van der Waals surface area contributed by atoms with Crippen molar-refractivity contribution in [2.24, 2.45) is 0 Å². The summed E-state index contributed by atoms with van der Waals surface area (Å²) in [5.41, 5.74) is 3.57. The fraction of sp³-hybridized carbons (Fsp3) is 0.429. The summed E-state index contributed by atoms with van der Waals surface area (Å²) in [6.07, 6.45) is -12.6. The predicted octanol–water partition coefficient (Wildman–Crippen LogP) is 8.16. The number of aromatic nitrogens is 8. The molecule has 5 N–H and O–H groups in total. The van der Waals surface area contributed by atoms with Crippen LogP contribution in [0.1, 0.15) is 83.1 Å². The Kier molecular flexibility index (Phi) is 17.8. The molecule has 2 aliphatic heterocycles. The minimum Gasteiger partial charge on any atom is -0.461 e. The molecule has 0 saturated heterocycles. The number of ether oxygens (including phenoxy) is 11. The van der Waals surface area contributed by atoms with Crippen molar-refractivity contribution < 1.29 is 77.4 Å². The van der Waals surface area contributed by atoms with Crippen LogP contribution in [0.3, 0.4) is 0 Å². The quantitative estimate of drug-likeness (QED) is 0.0357. The Hall–Kier alpha value is -7.04. The maximum Gasteiger partial charge on any atom is 0.224 e. The normalized spacial score (nSPS) is 16.8. The molecule has 426 valence electrons. The number of rotatable bonds is 24. The van der Waals surface area contributed by atoms with Crippen LogP contribution < -0.4 is 19.0 Å². The molecule has 0 radical (unpaired) electrons. The van der Waals surface area contributed by atoms with E-state index in [4.69, 9.17) is 86.8 Å². The molecule has 3 aromatic heterocycles. The third-order valence-electron chi connectivity index (χ3n) is 12.0. The number of aromatic amines is 1. The standard InChI is InChI=1S/C56H66N8O16/c1-26(65)69-30(5)73-34(9)77-45-25-44-46(48(79-36(11)75-32(7)71-28(3)67)47(45)78-35(10)74-31(6)70-27(2)66)54-60-50-39-20-14-16-22-41(39)52(58-50)63-56-43-24-18-17-23-42(43)55(64(56)80-37(12)76-33(8)72-29(4)68)62-51-40-21-15-13-19-38(40)49(57-51)59-53(44)61-54/h13-37,65-68H,1-12H3,(H,57,58,59,60,61,62,63). The zero-order chi connectivity index (χ0) is 57.1. The third kappa shape index (κ3) is 13.2. The van der Waals surface area contributed by atoms with Gasteiger partial charge in [-0.3, -0.25) is 0 Å². The first-order valence-corrected chi connectivity index (χ1v) is 26.2. The molecule has 0 amide bonds. The second-order valence-electron chi connectivity index (χ2n) is 18.8. The predicted molar refractivity (Wildman–Crippen MR) is 289 cm³/mol. The summed E-state index contributed by atoms with van der Waals surface area (Å²) >= 11 is 0. The highest BCUT2D eigenvalue weighted by atomic mass is 16.8. The molecule has 12 atom stereocenters. The van der Waals surface area contributed by atoms with Gasteiger partial charge in [-0.25, -0.2) is 29.9 Å². The molecule has 7 aromatic rings. The number of hydrogen-bond donors (Lipinski definition) is 5. The summed E-state index contributed by atoms with van der Waals surface area (Å²) in [6.45, 7) is 18.8. The van der Waals surface area contributed by atoms with Gasteiger partial charge in [-0.15, -0.1) is 4.73 Å². The van der Waals surface area contributed by atoms with E-state index in [2.05, 4.69) is 4.98 Å². The lowest BCUT2D eigenvalue weighted by atomic mass is 10.1. The fourth-order valence-electron chi connectivity index (χ4n) is 9.29. The van der Waals surface area contributed by atoms with Crippen LogP contribution in [0, 0.1) is 0 Å². The van der Waals surface area contributed by atoms with Crippen molar-refractivity contribution in [3.05, 3.63) is 78.9 Å². The van der Waals surface area contributed by atoms with Gasteiger partial charge in [0.2, 0.25) is 12.0 Å². The monoisotopic (exact) mass is 1110 g/mol. The number of benzene rings is 4. The smallest absolute Gasteiger partial charge is 0.224 e. The van der Waals surface area contributed by atoms with Crippen molar-refractivity contribution in [3.8, 4) is 62.8 Å². The Labute approximate surface area is 460 Å². The van der Waals surface area contributed by atoms with Gasteiger partial charge in [-0.05, 0) is 82.2 Å². The minimum atomic E-state index is -1.17. The average Bonchev–Trinajstić information content (AvgIpc) is 4.19. The molecule has 24 nitrogen and oxygen atoms in total. The van der Waals surface area contributed by atoms with Gasteiger partial charge in [0.25, 0.3) is 0 Å². The number of H-pyrrole nitrogens is 1. The van der Waals surface area contributed by atoms with Crippen LogP contribution >= 0.6 is 0 Å². The minimum absolute atomic E-state index is 0.00130. The molecule has 4 aromatic carbocycles. The number of aliphatic hydroxyl groups excluding tert-OH is 4. The number of aliphatic hydroxyl groups is 4. The van der Waals surface area contributed by atoms with Gasteiger partial charge in [-0.1, -0.05) is 72.8 Å². The molecule has 0 spiro atoms.